The van der Waals surface area contributed by atoms with Crippen LogP contribution < -0.4 is 5.73 Å². The lowest BCUT2D eigenvalue weighted by atomic mass is 10.1. The van der Waals surface area contributed by atoms with Crippen molar-refractivity contribution in [1.29, 1.82) is 5.41 Å². The summed E-state index contributed by atoms with van der Waals surface area (Å²) in [5.41, 5.74) is 5.81. The number of nitrogens with two attached hydrogens (primary N) is 1. The van der Waals surface area contributed by atoms with Crippen LogP contribution >= 0.6 is 12.4 Å². The van der Waals surface area contributed by atoms with Gasteiger partial charge in [0.15, 0.2) is 0 Å². The van der Waals surface area contributed by atoms with Gasteiger partial charge in [-0.25, -0.2) is 4.39 Å². The number of hydrogen-bond acceptors (Lipinski definition) is 1. The fourth-order valence-corrected chi connectivity index (χ4v) is 0.855. The van der Waals surface area contributed by atoms with Gasteiger partial charge in [0.1, 0.15) is 11.7 Å². The molecule has 0 bridgehead atoms. The van der Waals surface area contributed by atoms with Gasteiger partial charge in [0.2, 0.25) is 0 Å². The van der Waals surface area contributed by atoms with Gasteiger partial charge in [-0.3, -0.25) is 5.41 Å². The lowest BCUT2D eigenvalue weighted by Gasteiger charge is -2.01. The Kier molecular flexibility index (Phi) is 3.70. The summed E-state index contributed by atoms with van der Waals surface area (Å²) >= 11 is 0. The molecule has 0 aliphatic rings. The van der Waals surface area contributed by atoms with E-state index in [0.29, 0.717) is 5.56 Å². The van der Waals surface area contributed by atoms with Gasteiger partial charge in [-0.2, -0.15) is 0 Å². The molecule has 1 aromatic rings. The van der Waals surface area contributed by atoms with E-state index >= 15 is 0 Å². The summed E-state index contributed by atoms with van der Waals surface area (Å²) < 4.78 is 13.0. The maximum absolute atomic E-state index is 13.0. The van der Waals surface area contributed by atoms with Crippen LogP contribution in [0.5, 0.6) is 0 Å². The molecule has 0 amide bonds. The molecule has 2 nitrogen and oxygen atoms in total. The Morgan fingerprint density at radius 1 is 1.50 bits per heavy atom. The molecule has 0 aliphatic carbocycles. The zero-order chi connectivity index (χ0) is 8.43. The van der Waals surface area contributed by atoms with Crippen LogP contribution in [0.15, 0.2) is 18.2 Å². The number of nitrogen functional groups attached to an aromatic ring is 1. The summed E-state index contributed by atoms with van der Waals surface area (Å²) in [5.74, 6) is -0.633. The van der Waals surface area contributed by atoms with Crippen molar-refractivity contribution in [3.63, 3.8) is 0 Å². The smallest absolute Gasteiger partial charge is 0.137 e. The van der Waals surface area contributed by atoms with E-state index in [0.717, 1.165) is 0 Å². The molecule has 66 valence electrons. The average molecular weight is 189 g/mol. The molecule has 0 fully saturated rings. The summed E-state index contributed by atoms with van der Waals surface area (Å²) in [7, 11) is 0. The molecule has 0 heterocycles. The standard InChI is InChI=1S/C8H9FN2.ClH/c1-5-3-2-4-6(7(5)9)8(10)11;/h2-4H,1H3,(H3,10,11);1H. The number of halogens is 2. The van der Waals surface area contributed by atoms with E-state index in [1.807, 2.05) is 0 Å². The molecule has 0 aliphatic heterocycles. The number of rotatable bonds is 1. The van der Waals surface area contributed by atoms with Crippen LogP contribution in [-0.4, -0.2) is 5.84 Å². The summed E-state index contributed by atoms with van der Waals surface area (Å²) in [6, 6.07) is 4.81. The van der Waals surface area contributed by atoms with E-state index in [9.17, 15) is 4.39 Å². The van der Waals surface area contributed by atoms with E-state index in [1.165, 1.54) is 6.07 Å². The van der Waals surface area contributed by atoms with Crippen LogP contribution in [0.4, 0.5) is 4.39 Å². The van der Waals surface area contributed by atoms with Crippen molar-refractivity contribution in [1.82, 2.24) is 0 Å². The van der Waals surface area contributed by atoms with Gasteiger partial charge in [0.05, 0.1) is 5.56 Å². The quantitative estimate of drug-likeness (QED) is 0.513. The maximum atomic E-state index is 13.0. The SMILES string of the molecule is Cc1cccc(C(=N)N)c1F.Cl. The number of nitrogens with one attached hydrogen (secondary N) is 1. The second-order valence-corrected chi connectivity index (χ2v) is 2.35. The predicted octanol–water partition coefficient (Wildman–Crippen LogP) is 1.84. The fourth-order valence-electron chi connectivity index (χ4n) is 0.855. The summed E-state index contributed by atoms with van der Waals surface area (Å²) in [6.07, 6.45) is 0. The molecule has 0 spiro atoms. The minimum Gasteiger partial charge on any atom is -0.384 e. The zero-order valence-corrected chi connectivity index (χ0v) is 7.41. The minimum atomic E-state index is -0.403. The van der Waals surface area contributed by atoms with Gasteiger partial charge < -0.3 is 5.73 Å². The number of hydrogen-bond donors (Lipinski definition) is 2. The van der Waals surface area contributed by atoms with Crippen molar-refractivity contribution in [3.05, 3.63) is 35.1 Å². The summed E-state index contributed by atoms with van der Waals surface area (Å²) in [4.78, 5) is 0. The lowest BCUT2D eigenvalue weighted by molar-refractivity contribution is 0.615. The second kappa shape index (κ2) is 4.07. The Morgan fingerprint density at radius 3 is 2.50 bits per heavy atom. The van der Waals surface area contributed by atoms with Gasteiger partial charge in [-0.05, 0) is 18.6 Å². The number of benzene rings is 1. The average Bonchev–Trinajstić information content (AvgIpc) is 1.94. The van der Waals surface area contributed by atoms with Crippen LogP contribution in [0.2, 0.25) is 0 Å². The van der Waals surface area contributed by atoms with Gasteiger partial charge in [-0.1, -0.05) is 12.1 Å². The van der Waals surface area contributed by atoms with Crippen LogP contribution in [-0.2, 0) is 0 Å². The molecular formula is C8H10ClFN2. The van der Waals surface area contributed by atoms with E-state index in [-0.39, 0.29) is 23.8 Å². The van der Waals surface area contributed by atoms with E-state index in [2.05, 4.69) is 0 Å². The van der Waals surface area contributed by atoms with Crippen molar-refractivity contribution in [3.8, 4) is 0 Å². The first kappa shape index (κ1) is 10.9. The summed E-state index contributed by atoms with van der Waals surface area (Å²) in [6.45, 7) is 1.64. The van der Waals surface area contributed by atoms with E-state index in [1.54, 1.807) is 19.1 Å². The molecule has 12 heavy (non-hydrogen) atoms. The Balaban J connectivity index is 0.00000121. The van der Waals surface area contributed by atoms with Crippen molar-refractivity contribution < 1.29 is 4.39 Å². The monoisotopic (exact) mass is 188 g/mol. The normalized spacial score (nSPS) is 8.83. The zero-order valence-electron chi connectivity index (χ0n) is 6.60. The van der Waals surface area contributed by atoms with Crippen LogP contribution in [0, 0.1) is 18.2 Å². The highest BCUT2D eigenvalue weighted by Gasteiger charge is 2.05. The first-order valence-electron chi connectivity index (χ1n) is 3.22. The van der Waals surface area contributed by atoms with Gasteiger partial charge >= 0.3 is 0 Å². The van der Waals surface area contributed by atoms with Crippen molar-refractivity contribution >= 4 is 18.2 Å². The van der Waals surface area contributed by atoms with Gasteiger partial charge in [0, 0.05) is 0 Å². The fraction of sp³-hybridized carbons (Fsp3) is 0.125. The molecule has 1 rings (SSSR count). The Morgan fingerprint density at radius 2 is 2.08 bits per heavy atom. The highest BCUT2D eigenvalue weighted by atomic mass is 35.5. The van der Waals surface area contributed by atoms with Gasteiger partial charge in [-0.15, -0.1) is 12.4 Å². The van der Waals surface area contributed by atoms with Crippen molar-refractivity contribution in [2.75, 3.05) is 0 Å². The largest absolute Gasteiger partial charge is 0.384 e. The third-order valence-corrected chi connectivity index (χ3v) is 1.48. The molecule has 0 unspecified atom stereocenters. The maximum Gasteiger partial charge on any atom is 0.137 e. The molecule has 0 saturated carbocycles. The number of amidine groups is 1. The molecule has 0 atom stereocenters. The first-order valence-corrected chi connectivity index (χ1v) is 3.22. The Bertz CT molecular complexity index is 299. The third kappa shape index (κ3) is 1.95. The molecule has 0 saturated heterocycles. The Labute approximate surface area is 76.5 Å². The predicted molar refractivity (Wildman–Crippen MR) is 49.4 cm³/mol. The highest BCUT2D eigenvalue weighted by molar-refractivity contribution is 5.95. The van der Waals surface area contributed by atoms with E-state index in [4.69, 9.17) is 11.1 Å². The molecule has 1 aromatic carbocycles. The van der Waals surface area contributed by atoms with E-state index < -0.39 is 5.82 Å². The highest BCUT2D eigenvalue weighted by Crippen LogP contribution is 2.10. The van der Waals surface area contributed by atoms with Gasteiger partial charge in [0.25, 0.3) is 0 Å². The lowest BCUT2D eigenvalue weighted by Crippen LogP contribution is -2.13. The molecule has 0 aromatic heterocycles. The Hall–Kier alpha value is -1.09. The minimum absolute atomic E-state index is 0. The van der Waals surface area contributed by atoms with Crippen LogP contribution in [0.25, 0.3) is 0 Å². The topological polar surface area (TPSA) is 49.9 Å². The summed E-state index contributed by atoms with van der Waals surface area (Å²) in [5, 5.41) is 7.01. The molecular weight excluding hydrogens is 179 g/mol. The molecule has 4 heteroatoms. The number of aryl methyl sites for hydroxylation is 1. The molecule has 3 N–H and O–H groups in total. The van der Waals surface area contributed by atoms with Crippen molar-refractivity contribution in [2.45, 2.75) is 6.92 Å². The van der Waals surface area contributed by atoms with Crippen LogP contribution in [0.1, 0.15) is 11.1 Å². The van der Waals surface area contributed by atoms with Crippen molar-refractivity contribution in [2.24, 2.45) is 5.73 Å². The second-order valence-electron chi connectivity index (χ2n) is 2.35. The third-order valence-electron chi connectivity index (χ3n) is 1.48. The molecule has 0 radical (unpaired) electrons. The first-order chi connectivity index (χ1) is 5.13. The van der Waals surface area contributed by atoms with Crippen LogP contribution in [0.3, 0.4) is 0 Å².